The second-order valence-corrected chi connectivity index (χ2v) is 29.3. The molecule has 0 aromatic carbocycles. The second kappa shape index (κ2) is 61.4. The first kappa shape index (κ1) is 87.5. The van der Waals surface area contributed by atoms with Crippen LogP contribution in [0.2, 0.25) is 0 Å². The number of hydrogen-bond acceptors (Lipinski definition) is 15. The molecule has 0 amide bonds. The number of unbranched alkanes of at least 4 members (excludes halogenated alkanes) is 32. The number of ether oxygens (including phenoxy) is 4. The molecular weight excluding hydrogens is 1190 g/mol. The molecule has 5 atom stereocenters. The quantitative estimate of drug-likeness (QED) is 0.0169. The molecule has 0 saturated heterocycles. The Hall–Kier alpha value is -2.46. The highest BCUT2D eigenvalue weighted by Gasteiger charge is 2.30. The first-order valence-electron chi connectivity index (χ1n) is 36.2. The third-order valence-electron chi connectivity index (χ3n) is 15.8. The molecule has 0 aromatic rings. The monoisotopic (exact) mass is 1320 g/mol. The van der Waals surface area contributed by atoms with Gasteiger partial charge in [0.25, 0.3) is 0 Å². The maximum Gasteiger partial charge on any atom is 0.472 e. The number of aliphatic hydroxyl groups is 1. The Bertz CT molecular complexity index is 1860. The van der Waals surface area contributed by atoms with Crippen molar-refractivity contribution >= 4 is 39.5 Å². The molecule has 530 valence electrons. The number of aliphatic hydroxyl groups excluding tert-OH is 1. The summed E-state index contributed by atoms with van der Waals surface area (Å²) in [6.07, 6.45) is 48.2. The van der Waals surface area contributed by atoms with E-state index >= 15 is 0 Å². The summed E-state index contributed by atoms with van der Waals surface area (Å²) in [5.41, 5.74) is 0. The van der Waals surface area contributed by atoms with Crippen LogP contribution in [-0.4, -0.2) is 96.7 Å². The van der Waals surface area contributed by atoms with E-state index in [1.165, 1.54) is 116 Å². The van der Waals surface area contributed by atoms with E-state index in [9.17, 15) is 43.2 Å². The van der Waals surface area contributed by atoms with Gasteiger partial charge in [0.2, 0.25) is 0 Å². The molecule has 17 nitrogen and oxygen atoms in total. The zero-order valence-corrected chi connectivity index (χ0v) is 59.9. The normalized spacial score (nSPS) is 14.4. The van der Waals surface area contributed by atoms with Crippen LogP contribution >= 0.6 is 15.6 Å². The van der Waals surface area contributed by atoms with Crippen LogP contribution in [0.5, 0.6) is 0 Å². The van der Waals surface area contributed by atoms with Crippen molar-refractivity contribution < 1.29 is 80.2 Å². The highest BCUT2D eigenvalue weighted by Crippen LogP contribution is 2.45. The molecule has 0 saturated carbocycles. The summed E-state index contributed by atoms with van der Waals surface area (Å²) >= 11 is 0. The van der Waals surface area contributed by atoms with Gasteiger partial charge >= 0.3 is 39.5 Å². The predicted molar refractivity (Wildman–Crippen MR) is 363 cm³/mol. The summed E-state index contributed by atoms with van der Waals surface area (Å²) in [6, 6.07) is 0. The van der Waals surface area contributed by atoms with Crippen LogP contribution in [0.1, 0.15) is 331 Å². The standard InChI is InChI=1S/C71H134O17P2/c1-8-9-10-11-12-13-14-15-16-17-21-24-30-38-45-52-68(73)81-58-66(87-70(75)54-47-40-31-25-22-19-18-20-23-28-35-42-49-62(2)3)60-85-89(77,78)83-56-65(72)57-84-90(79,80)86-61-67(59-82-69(74)53-46-39-34-33-37-44-51-64(6)7)88-71(76)55-48-41-32-27-26-29-36-43-50-63(4)5/h13-16,62-67,72H,8-12,17-61H2,1-7H3,(H,77,78)(H,79,80)/b14-13-,16-15-/t65-,66-,67-/m1/s1. The summed E-state index contributed by atoms with van der Waals surface area (Å²) in [5, 5.41) is 10.6. The van der Waals surface area contributed by atoms with Gasteiger partial charge in [-0.2, -0.15) is 0 Å². The van der Waals surface area contributed by atoms with E-state index < -0.39 is 97.5 Å². The molecule has 0 aliphatic rings. The third-order valence-corrected chi connectivity index (χ3v) is 17.7. The van der Waals surface area contributed by atoms with E-state index in [0.29, 0.717) is 37.5 Å². The lowest BCUT2D eigenvalue weighted by atomic mass is 10.0. The van der Waals surface area contributed by atoms with Gasteiger partial charge in [0.05, 0.1) is 26.4 Å². The molecule has 90 heavy (non-hydrogen) atoms. The molecule has 0 heterocycles. The number of allylic oxidation sites excluding steroid dienone is 4. The fourth-order valence-electron chi connectivity index (χ4n) is 10.2. The van der Waals surface area contributed by atoms with Gasteiger partial charge in [-0.15, -0.1) is 0 Å². The number of esters is 4. The second-order valence-electron chi connectivity index (χ2n) is 26.4. The van der Waals surface area contributed by atoms with Gasteiger partial charge in [-0.25, -0.2) is 9.13 Å². The van der Waals surface area contributed by atoms with Gasteiger partial charge in [-0.1, -0.05) is 278 Å². The van der Waals surface area contributed by atoms with Crippen molar-refractivity contribution in [3.8, 4) is 0 Å². The lowest BCUT2D eigenvalue weighted by molar-refractivity contribution is -0.161. The van der Waals surface area contributed by atoms with Crippen molar-refractivity contribution in [3.05, 3.63) is 24.3 Å². The Morgan fingerprint density at radius 1 is 0.344 bits per heavy atom. The van der Waals surface area contributed by atoms with E-state index in [2.05, 4.69) is 72.8 Å². The summed E-state index contributed by atoms with van der Waals surface area (Å²) in [7, 11) is -9.91. The lowest BCUT2D eigenvalue weighted by Gasteiger charge is -2.21. The molecule has 0 rings (SSSR count). The van der Waals surface area contributed by atoms with Crippen LogP contribution in [0.4, 0.5) is 0 Å². The zero-order chi connectivity index (χ0) is 66.6. The minimum absolute atomic E-state index is 0.0993. The average molecular weight is 1320 g/mol. The van der Waals surface area contributed by atoms with E-state index in [1.807, 2.05) is 0 Å². The molecular formula is C71H134O17P2. The summed E-state index contributed by atoms with van der Waals surface area (Å²) in [4.78, 5) is 72.5. The highest BCUT2D eigenvalue weighted by molar-refractivity contribution is 7.47. The number of carbonyl (C=O) groups excluding carboxylic acids is 4. The molecule has 0 radical (unpaired) electrons. The van der Waals surface area contributed by atoms with Gasteiger partial charge in [0.15, 0.2) is 12.2 Å². The minimum atomic E-state index is -4.96. The Kier molecular flexibility index (Phi) is 59.7. The molecule has 19 heteroatoms. The van der Waals surface area contributed by atoms with Gasteiger partial charge in [-0.05, 0) is 69.1 Å². The zero-order valence-electron chi connectivity index (χ0n) is 58.1. The van der Waals surface area contributed by atoms with E-state index in [1.54, 1.807) is 0 Å². The van der Waals surface area contributed by atoms with Crippen molar-refractivity contribution in [2.75, 3.05) is 39.6 Å². The maximum atomic E-state index is 13.0. The first-order valence-corrected chi connectivity index (χ1v) is 39.2. The average Bonchev–Trinajstić information content (AvgIpc) is 3.20. The molecule has 0 aromatic heterocycles. The number of phosphoric acid groups is 2. The Balaban J connectivity index is 5.28. The van der Waals surface area contributed by atoms with Crippen LogP contribution in [-0.2, 0) is 65.4 Å². The molecule has 0 aliphatic carbocycles. The van der Waals surface area contributed by atoms with Crippen molar-refractivity contribution in [3.63, 3.8) is 0 Å². The molecule has 3 N–H and O–H groups in total. The van der Waals surface area contributed by atoms with Crippen LogP contribution in [0.3, 0.4) is 0 Å². The number of hydrogen-bond donors (Lipinski definition) is 3. The fourth-order valence-corrected chi connectivity index (χ4v) is 11.8. The van der Waals surface area contributed by atoms with E-state index in [4.69, 9.17) is 37.0 Å². The summed E-state index contributed by atoms with van der Waals surface area (Å²) in [6.45, 7) is 11.7. The predicted octanol–water partition coefficient (Wildman–Crippen LogP) is 19.8. The topological polar surface area (TPSA) is 237 Å². The van der Waals surface area contributed by atoms with Crippen molar-refractivity contribution in [2.24, 2.45) is 17.8 Å². The van der Waals surface area contributed by atoms with Gasteiger partial charge in [-0.3, -0.25) is 37.3 Å². The third kappa shape index (κ3) is 64.3. The van der Waals surface area contributed by atoms with E-state index in [-0.39, 0.29) is 25.7 Å². The molecule has 0 fully saturated rings. The summed E-state index contributed by atoms with van der Waals surface area (Å²) in [5.74, 6) is 0.00957. The molecule has 0 spiro atoms. The van der Waals surface area contributed by atoms with Crippen molar-refractivity contribution in [2.45, 2.75) is 349 Å². The first-order chi connectivity index (χ1) is 43.2. The highest BCUT2D eigenvalue weighted by atomic mass is 31.2. The van der Waals surface area contributed by atoms with Gasteiger partial charge < -0.3 is 33.8 Å². The van der Waals surface area contributed by atoms with Crippen LogP contribution < -0.4 is 0 Å². The van der Waals surface area contributed by atoms with Gasteiger partial charge in [0.1, 0.15) is 19.3 Å². The Morgan fingerprint density at radius 3 is 0.900 bits per heavy atom. The number of carbonyl (C=O) groups is 4. The smallest absolute Gasteiger partial charge is 0.462 e. The largest absolute Gasteiger partial charge is 0.472 e. The lowest BCUT2D eigenvalue weighted by Crippen LogP contribution is -2.30. The number of phosphoric ester groups is 2. The van der Waals surface area contributed by atoms with Crippen LogP contribution in [0.15, 0.2) is 24.3 Å². The van der Waals surface area contributed by atoms with Gasteiger partial charge in [0, 0.05) is 25.7 Å². The maximum absolute atomic E-state index is 13.0. The number of rotatable bonds is 67. The van der Waals surface area contributed by atoms with Crippen molar-refractivity contribution in [1.82, 2.24) is 0 Å². The van der Waals surface area contributed by atoms with E-state index in [0.717, 1.165) is 121 Å². The SMILES string of the molecule is CCCCCC/C=C\C=C/CCCCCCCC(=O)OC[C@H](COP(=O)(O)OC[C@@H](O)COP(=O)(O)OC[C@@H](COC(=O)CCCCCCCCC(C)C)OC(=O)CCCCCCCCCCC(C)C)OC(=O)CCCCCCCCCCCCCCC(C)C. The van der Waals surface area contributed by atoms with Crippen LogP contribution in [0.25, 0.3) is 0 Å². The summed E-state index contributed by atoms with van der Waals surface area (Å²) < 4.78 is 68.2. The fraction of sp³-hybridized carbons (Fsp3) is 0.887. The Labute approximate surface area is 548 Å². The minimum Gasteiger partial charge on any atom is -0.462 e. The van der Waals surface area contributed by atoms with Crippen molar-refractivity contribution in [1.29, 1.82) is 0 Å². The molecule has 0 bridgehead atoms. The molecule has 0 aliphatic heterocycles. The molecule has 2 unspecified atom stereocenters. The van der Waals surface area contributed by atoms with Crippen LogP contribution in [0, 0.1) is 17.8 Å². The Morgan fingerprint density at radius 2 is 0.600 bits per heavy atom.